The summed E-state index contributed by atoms with van der Waals surface area (Å²) in [4.78, 5) is 15.5. The van der Waals surface area contributed by atoms with Crippen molar-refractivity contribution in [1.82, 2.24) is 5.32 Å². The molecule has 0 fully saturated rings. The lowest BCUT2D eigenvalue weighted by atomic mass is 9.92. The van der Waals surface area contributed by atoms with E-state index in [1.54, 1.807) is 13.8 Å². The summed E-state index contributed by atoms with van der Waals surface area (Å²) >= 11 is 0. The summed E-state index contributed by atoms with van der Waals surface area (Å²) < 4.78 is 4.67. The van der Waals surface area contributed by atoms with E-state index in [4.69, 9.17) is 0 Å². The Kier molecular flexibility index (Phi) is 2.35. The maximum atomic E-state index is 11.3. The molecule has 0 unspecified atom stereocenters. The number of hydrogen-bond donors (Lipinski definition) is 1. The Morgan fingerprint density at radius 2 is 2.33 bits per heavy atom. The molecule has 1 N–H and O–H groups in total. The van der Waals surface area contributed by atoms with Crippen molar-refractivity contribution in [3.05, 3.63) is 0 Å². The van der Waals surface area contributed by atoms with Crippen LogP contribution in [0.1, 0.15) is 13.8 Å². The Balaban J connectivity index is 2.76. The SMILES string of the molecule is COC(=O)C(C)(C)C1=NCCN1. The zero-order chi connectivity index (χ0) is 9.19. The fourth-order valence-corrected chi connectivity index (χ4v) is 1.17. The summed E-state index contributed by atoms with van der Waals surface area (Å²) in [5, 5.41) is 3.06. The van der Waals surface area contributed by atoms with E-state index in [0.717, 1.165) is 18.9 Å². The van der Waals surface area contributed by atoms with Crippen LogP contribution in [0.15, 0.2) is 4.99 Å². The van der Waals surface area contributed by atoms with Crippen molar-refractivity contribution in [3.8, 4) is 0 Å². The standard InChI is InChI=1S/C8H14N2O2/c1-8(2,7(11)12-3)6-9-4-5-10-6/h4-5H2,1-3H3,(H,9,10). The first-order valence-corrected chi connectivity index (χ1v) is 3.96. The van der Waals surface area contributed by atoms with Crippen molar-refractivity contribution < 1.29 is 9.53 Å². The lowest BCUT2D eigenvalue weighted by Crippen LogP contribution is -2.40. The topological polar surface area (TPSA) is 50.7 Å². The summed E-state index contributed by atoms with van der Waals surface area (Å²) in [6.07, 6.45) is 0. The third-order valence-electron chi connectivity index (χ3n) is 1.96. The van der Waals surface area contributed by atoms with Gasteiger partial charge in [-0.25, -0.2) is 0 Å². The Bertz CT molecular complexity index is 221. The highest BCUT2D eigenvalue weighted by Gasteiger charge is 2.35. The molecule has 1 rings (SSSR count). The molecule has 1 aliphatic rings. The number of carbonyl (C=O) groups is 1. The van der Waals surface area contributed by atoms with Gasteiger partial charge in [-0.2, -0.15) is 0 Å². The number of ether oxygens (including phenoxy) is 1. The summed E-state index contributed by atoms with van der Waals surface area (Å²) in [6, 6.07) is 0. The summed E-state index contributed by atoms with van der Waals surface area (Å²) in [7, 11) is 1.39. The Morgan fingerprint density at radius 3 is 2.75 bits per heavy atom. The van der Waals surface area contributed by atoms with E-state index in [1.807, 2.05) is 0 Å². The van der Waals surface area contributed by atoms with Gasteiger partial charge in [0.25, 0.3) is 0 Å². The molecule has 12 heavy (non-hydrogen) atoms. The lowest BCUT2D eigenvalue weighted by molar-refractivity contribution is -0.147. The molecule has 1 heterocycles. The van der Waals surface area contributed by atoms with Gasteiger partial charge in [0.2, 0.25) is 0 Å². The average Bonchev–Trinajstić information content (AvgIpc) is 2.55. The molecular weight excluding hydrogens is 156 g/mol. The number of rotatable bonds is 2. The number of nitrogens with one attached hydrogen (secondary N) is 1. The van der Waals surface area contributed by atoms with Crippen LogP contribution < -0.4 is 5.32 Å². The number of nitrogens with zero attached hydrogens (tertiary/aromatic N) is 1. The van der Waals surface area contributed by atoms with Crippen molar-refractivity contribution in [1.29, 1.82) is 0 Å². The highest BCUT2D eigenvalue weighted by atomic mass is 16.5. The Morgan fingerprint density at radius 1 is 1.67 bits per heavy atom. The van der Waals surface area contributed by atoms with E-state index in [9.17, 15) is 4.79 Å². The average molecular weight is 170 g/mol. The number of amidine groups is 1. The largest absolute Gasteiger partial charge is 0.468 e. The van der Waals surface area contributed by atoms with Crippen LogP contribution in [0, 0.1) is 5.41 Å². The predicted octanol–water partition coefficient (Wildman–Crippen LogP) is 0.187. The molecule has 0 amide bonds. The van der Waals surface area contributed by atoms with E-state index in [1.165, 1.54) is 7.11 Å². The van der Waals surface area contributed by atoms with Gasteiger partial charge in [0.1, 0.15) is 11.3 Å². The minimum absolute atomic E-state index is 0.254. The fourth-order valence-electron chi connectivity index (χ4n) is 1.17. The molecule has 0 aliphatic carbocycles. The van der Waals surface area contributed by atoms with Crippen molar-refractivity contribution >= 4 is 11.8 Å². The van der Waals surface area contributed by atoms with Gasteiger partial charge in [0.15, 0.2) is 0 Å². The van der Waals surface area contributed by atoms with Gasteiger partial charge in [-0.3, -0.25) is 9.79 Å². The third-order valence-corrected chi connectivity index (χ3v) is 1.96. The molecule has 0 spiro atoms. The molecule has 0 saturated heterocycles. The van der Waals surface area contributed by atoms with E-state index in [2.05, 4.69) is 15.0 Å². The second kappa shape index (κ2) is 3.13. The molecule has 1 aliphatic heterocycles. The van der Waals surface area contributed by atoms with E-state index < -0.39 is 5.41 Å². The minimum atomic E-state index is -0.634. The number of aliphatic imine (C=N–C) groups is 1. The second-order valence-electron chi connectivity index (χ2n) is 3.27. The molecule has 0 bridgehead atoms. The second-order valence-corrected chi connectivity index (χ2v) is 3.27. The van der Waals surface area contributed by atoms with Crippen LogP contribution in [0.3, 0.4) is 0 Å². The number of esters is 1. The number of methoxy groups -OCH3 is 1. The van der Waals surface area contributed by atoms with Gasteiger partial charge in [0, 0.05) is 6.54 Å². The molecule has 0 aromatic rings. The molecule has 0 saturated carbocycles. The van der Waals surface area contributed by atoms with E-state index >= 15 is 0 Å². The maximum Gasteiger partial charge on any atom is 0.318 e. The van der Waals surface area contributed by atoms with Crippen LogP contribution in [0.25, 0.3) is 0 Å². The van der Waals surface area contributed by atoms with Crippen LogP contribution in [-0.4, -0.2) is 32.0 Å². The first-order valence-electron chi connectivity index (χ1n) is 3.96. The van der Waals surface area contributed by atoms with Crippen LogP contribution in [0.2, 0.25) is 0 Å². The summed E-state index contributed by atoms with van der Waals surface area (Å²) in [5.74, 6) is 0.477. The highest BCUT2D eigenvalue weighted by Crippen LogP contribution is 2.19. The minimum Gasteiger partial charge on any atom is -0.468 e. The molecule has 0 atom stereocenters. The lowest BCUT2D eigenvalue weighted by Gasteiger charge is -2.21. The van der Waals surface area contributed by atoms with Gasteiger partial charge in [-0.1, -0.05) is 0 Å². The van der Waals surface area contributed by atoms with Crippen molar-refractivity contribution in [2.45, 2.75) is 13.8 Å². The quantitative estimate of drug-likeness (QED) is 0.602. The number of carbonyl (C=O) groups excluding carboxylic acids is 1. The van der Waals surface area contributed by atoms with Crippen LogP contribution in [0.4, 0.5) is 0 Å². The zero-order valence-corrected chi connectivity index (χ0v) is 7.68. The first kappa shape index (κ1) is 9.03. The summed E-state index contributed by atoms with van der Waals surface area (Å²) in [5.41, 5.74) is -0.634. The van der Waals surface area contributed by atoms with Gasteiger partial charge in [-0.15, -0.1) is 0 Å². The molecule has 4 heteroatoms. The van der Waals surface area contributed by atoms with E-state index in [0.29, 0.717) is 0 Å². The maximum absolute atomic E-state index is 11.3. The molecular formula is C8H14N2O2. The first-order chi connectivity index (χ1) is 5.59. The van der Waals surface area contributed by atoms with Crippen LogP contribution in [0.5, 0.6) is 0 Å². The van der Waals surface area contributed by atoms with Gasteiger partial charge < -0.3 is 10.1 Å². The molecule has 68 valence electrons. The smallest absolute Gasteiger partial charge is 0.318 e. The van der Waals surface area contributed by atoms with Gasteiger partial charge >= 0.3 is 5.97 Å². The van der Waals surface area contributed by atoms with Crippen LogP contribution in [-0.2, 0) is 9.53 Å². The monoisotopic (exact) mass is 170 g/mol. The number of hydrogen-bond acceptors (Lipinski definition) is 4. The third kappa shape index (κ3) is 1.42. The predicted molar refractivity (Wildman–Crippen MR) is 46.1 cm³/mol. The Hall–Kier alpha value is -1.06. The molecule has 4 nitrogen and oxygen atoms in total. The van der Waals surface area contributed by atoms with Crippen molar-refractivity contribution in [2.24, 2.45) is 10.4 Å². The van der Waals surface area contributed by atoms with Crippen LogP contribution >= 0.6 is 0 Å². The normalized spacial score (nSPS) is 16.8. The van der Waals surface area contributed by atoms with Crippen molar-refractivity contribution in [2.75, 3.05) is 20.2 Å². The Labute approximate surface area is 72.0 Å². The summed E-state index contributed by atoms with van der Waals surface area (Å²) in [6.45, 7) is 5.16. The molecule has 0 radical (unpaired) electrons. The highest BCUT2D eigenvalue weighted by molar-refractivity contribution is 6.05. The van der Waals surface area contributed by atoms with E-state index in [-0.39, 0.29) is 5.97 Å². The van der Waals surface area contributed by atoms with Gasteiger partial charge in [0.05, 0.1) is 13.7 Å². The molecule has 0 aromatic carbocycles. The van der Waals surface area contributed by atoms with Gasteiger partial charge in [-0.05, 0) is 13.8 Å². The fraction of sp³-hybridized carbons (Fsp3) is 0.750. The van der Waals surface area contributed by atoms with Crippen molar-refractivity contribution in [3.63, 3.8) is 0 Å². The zero-order valence-electron chi connectivity index (χ0n) is 7.68. The molecule has 0 aromatic heterocycles.